The lowest BCUT2D eigenvalue weighted by Gasteiger charge is -2.13. The van der Waals surface area contributed by atoms with Gasteiger partial charge in [0.05, 0.1) is 12.6 Å². The summed E-state index contributed by atoms with van der Waals surface area (Å²) in [5.41, 5.74) is 7.25. The maximum absolute atomic E-state index is 12.0. The molecule has 21 heavy (non-hydrogen) atoms. The van der Waals surface area contributed by atoms with Crippen molar-refractivity contribution in [2.75, 3.05) is 6.54 Å². The second kappa shape index (κ2) is 6.78. The van der Waals surface area contributed by atoms with E-state index in [1.54, 1.807) is 19.1 Å². The van der Waals surface area contributed by atoms with Gasteiger partial charge in [0, 0.05) is 5.56 Å². The standard InChI is InChI=1S/C17H18N2O2/c1-12-5-10-16(21-12)17(20)19-13(2)15-8-6-14(7-9-15)4-3-11-18/h5-10,13H,11,18H2,1-2H3,(H,19,20). The normalized spacial score (nSPS) is 11.4. The minimum Gasteiger partial charge on any atom is -0.456 e. The van der Waals surface area contributed by atoms with E-state index in [9.17, 15) is 4.79 Å². The van der Waals surface area contributed by atoms with Crippen molar-refractivity contribution in [3.8, 4) is 11.8 Å². The van der Waals surface area contributed by atoms with E-state index in [0.717, 1.165) is 16.9 Å². The number of rotatable bonds is 3. The monoisotopic (exact) mass is 282 g/mol. The second-order valence-electron chi connectivity index (χ2n) is 4.73. The van der Waals surface area contributed by atoms with Crippen LogP contribution in [0, 0.1) is 18.8 Å². The summed E-state index contributed by atoms with van der Waals surface area (Å²) in [6, 6.07) is 11.0. The summed E-state index contributed by atoms with van der Waals surface area (Å²) in [5.74, 6) is 6.59. The number of carbonyl (C=O) groups excluding carboxylic acids is 1. The Bertz CT molecular complexity index is 675. The van der Waals surface area contributed by atoms with Gasteiger partial charge in [0.2, 0.25) is 0 Å². The molecule has 0 spiro atoms. The van der Waals surface area contributed by atoms with E-state index in [1.807, 2.05) is 31.2 Å². The second-order valence-corrected chi connectivity index (χ2v) is 4.73. The van der Waals surface area contributed by atoms with Gasteiger partial charge in [0.1, 0.15) is 5.76 Å². The first-order chi connectivity index (χ1) is 10.1. The van der Waals surface area contributed by atoms with E-state index in [2.05, 4.69) is 17.2 Å². The van der Waals surface area contributed by atoms with E-state index in [4.69, 9.17) is 10.2 Å². The molecule has 1 heterocycles. The van der Waals surface area contributed by atoms with Crippen LogP contribution in [-0.2, 0) is 0 Å². The predicted octanol–water partition coefficient (Wildman–Crippen LogP) is 2.39. The average molecular weight is 282 g/mol. The molecule has 0 radical (unpaired) electrons. The van der Waals surface area contributed by atoms with Crippen LogP contribution in [0.25, 0.3) is 0 Å². The minimum absolute atomic E-state index is 0.112. The molecular formula is C17H18N2O2. The Morgan fingerprint density at radius 1 is 1.29 bits per heavy atom. The third-order valence-electron chi connectivity index (χ3n) is 3.06. The number of aryl methyl sites for hydroxylation is 1. The van der Waals surface area contributed by atoms with Crippen LogP contribution in [0.15, 0.2) is 40.8 Å². The summed E-state index contributed by atoms with van der Waals surface area (Å²) >= 11 is 0. The van der Waals surface area contributed by atoms with E-state index < -0.39 is 0 Å². The Balaban J connectivity index is 2.03. The van der Waals surface area contributed by atoms with Crippen LogP contribution in [0.1, 0.15) is 40.4 Å². The van der Waals surface area contributed by atoms with Crippen molar-refractivity contribution in [2.24, 2.45) is 5.73 Å². The fourth-order valence-corrected chi connectivity index (χ4v) is 1.92. The van der Waals surface area contributed by atoms with E-state index >= 15 is 0 Å². The molecule has 4 heteroatoms. The summed E-state index contributed by atoms with van der Waals surface area (Å²) < 4.78 is 5.30. The SMILES string of the molecule is Cc1ccc(C(=O)NC(C)c2ccc(C#CCN)cc2)o1. The van der Waals surface area contributed by atoms with Gasteiger partial charge in [-0.05, 0) is 43.7 Å². The molecule has 0 fully saturated rings. The van der Waals surface area contributed by atoms with Crippen LogP contribution in [0.4, 0.5) is 0 Å². The number of nitrogens with two attached hydrogens (primary N) is 1. The first-order valence-electron chi connectivity index (χ1n) is 6.76. The molecule has 1 atom stereocenters. The highest BCUT2D eigenvalue weighted by atomic mass is 16.3. The number of hydrogen-bond acceptors (Lipinski definition) is 3. The van der Waals surface area contributed by atoms with Gasteiger partial charge < -0.3 is 15.5 Å². The van der Waals surface area contributed by atoms with Gasteiger partial charge in [-0.2, -0.15) is 0 Å². The molecular weight excluding hydrogens is 264 g/mol. The molecule has 3 N–H and O–H groups in total. The topological polar surface area (TPSA) is 68.3 Å². The van der Waals surface area contributed by atoms with Gasteiger partial charge in [-0.1, -0.05) is 24.0 Å². The minimum atomic E-state index is -0.220. The molecule has 2 aromatic rings. The zero-order valence-electron chi connectivity index (χ0n) is 12.1. The number of benzene rings is 1. The van der Waals surface area contributed by atoms with Crippen LogP contribution in [0.3, 0.4) is 0 Å². The average Bonchev–Trinajstić information content (AvgIpc) is 2.92. The summed E-state index contributed by atoms with van der Waals surface area (Å²) in [6.07, 6.45) is 0. The van der Waals surface area contributed by atoms with Gasteiger partial charge in [0.15, 0.2) is 5.76 Å². The molecule has 108 valence electrons. The number of carbonyl (C=O) groups is 1. The smallest absolute Gasteiger partial charge is 0.287 e. The Morgan fingerprint density at radius 3 is 2.57 bits per heavy atom. The van der Waals surface area contributed by atoms with Crippen molar-refractivity contribution in [3.63, 3.8) is 0 Å². The van der Waals surface area contributed by atoms with Crippen molar-refractivity contribution in [1.29, 1.82) is 0 Å². The van der Waals surface area contributed by atoms with E-state index in [0.29, 0.717) is 12.3 Å². The number of amides is 1. The Labute approximate surface area is 124 Å². The molecule has 2 rings (SSSR count). The van der Waals surface area contributed by atoms with Gasteiger partial charge in [-0.15, -0.1) is 0 Å². The largest absolute Gasteiger partial charge is 0.456 e. The zero-order chi connectivity index (χ0) is 15.2. The molecule has 4 nitrogen and oxygen atoms in total. The van der Waals surface area contributed by atoms with E-state index in [1.165, 1.54) is 0 Å². The summed E-state index contributed by atoms with van der Waals surface area (Å²) in [4.78, 5) is 12.0. The summed E-state index contributed by atoms with van der Waals surface area (Å²) in [6.45, 7) is 4.08. The fraction of sp³-hybridized carbons (Fsp3) is 0.235. The Hall–Kier alpha value is -2.51. The maximum Gasteiger partial charge on any atom is 0.287 e. The van der Waals surface area contributed by atoms with Gasteiger partial charge in [-0.3, -0.25) is 4.79 Å². The quantitative estimate of drug-likeness (QED) is 0.849. The number of nitrogens with one attached hydrogen (secondary N) is 1. The van der Waals surface area contributed by atoms with Gasteiger partial charge >= 0.3 is 0 Å². The molecule has 0 aliphatic heterocycles. The molecule has 1 aromatic carbocycles. The Kier molecular flexibility index (Phi) is 4.81. The Morgan fingerprint density at radius 2 is 2.00 bits per heavy atom. The molecule has 1 unspecified atom stereocenters. The predicted molar refractivity (Wildman–Crippen MR) is 81.7 cm³/mol. The summed E-state index contributed by atoms with van der Waals surface area (Å²) in [7, 11) is 0. The van der Waals surface area contributed by atoms with Gasteiger partial charge in [0.25, 0.3) is 5.91 Å². The van der Waals surface area contributed by atoms with Gasteiger partial charge in [-0.25, -0.2) is 0 Å². The highest BCUT2D eigenvalue weighted by molar-refractivity contribution is 5.91. The van der Waals surface area contributed by atoms with Crippen LogP contribution in [0.2, 0.25) is 0 Å². The molecule has 1 aromatic heterocycles. The van der Waals surface area contributed by atoms with Crippen LogP contribution >= 0.6 is 0 Å². The summed E-state index contributed by atoms with van der Waals surface area (Å²) in [5, 5.41) is 2.90. The van der Waals surface area contributed by atoms with Crippen molar-refractivity contribution < 1.29 is 9.21 Å². The van der Waals surface area contributed by atoms with Crippen LogP contribution in [-0.4, -0.2) is 12.5 Å². The zero-order valence-corrected chi connectivity index (χ0v) is 12.1. The van der Waals surface area contributed by atoms with E-state index in [-0.39, 0.29) is 11.9 Å². The lowest BCUT2D eigenvalue weighted by Crippen LogP contribution is -2.26. The first kappa shape index (κ1) is 14.9. The van der Waals surface area contributed by atoms with Crippen molar-refractivity contribution >= 4 is 5.91 Å². The number of hydrogen-bond donors (Lipinski definition) is 2. The fourth-order valence-electron chi connectivity index (χ4n) is 1.92. The highest BCUT2D eigenvalue weighted by Gasteiger charge is 2.14. The highest BCUT2D eigenvalue weighted by Crippen LogP contribution is 2.15. The maximum atomic E-state index is 12.0. The third-order valence-corrected chi connectivity index (χ3v) is 3.06. The van der Waals surface area contributed by atoms with Crippen molar-refractivity contribution in [3.05, 3.63) is 59.0 Å². The molecule has 0 saturated carbocycles. The van der Waals surface area contributed by atoms with Crippen molar-refractivity contribution in [2.45, 2.75) is 19.9 Å². The van der Waals surface area contributed by atoms with Crippen LogP contribution < -0.4 is 11.1 Å². The molecule has 0 saturated heterocycles. The lowest BCUT2D eigenvalue weighted by molar-refractivity contribution is 0.0910. The molecule has 1 amide bonds. The van der Waals surface area contributed by atoms with Crippen molar-refractivity contribution in [1.82, 2.24) is 5.32 Å². The molecule has 0 bridgehead atoms. The van der Waals surface area contributed by atoms with Crippen LogP contribution in [0.5, 0.6) is 0 Å². The first-order valence-corrected chi connectivity index (χ1v) is 6.76. The molecule has 0 aliphatic carbocycles. The lowest BCUT2D eigenvalue weighted by atomic mass is 10.1. The third kappa shape index (κ3) is 3.98. The number of furan rings is 1. The molecule has 0 aliphatic rings.